The van der Waals surface area contributed by atoms with Crippen LogP contribution >= 0.6 is 0 Å². The summed E-state index contributed by atoms with van der Waals surface area (Å²) in [5.41, 5.74) is 0.362. The van der Waals surface area contributed by atoms with Crippen LogP contribution in [0.3, 0.4) is 0 Å². The molecule has 2 fully saturated rings. The van der Waals surface area contributed by atoms with Gasteiger partial charge in [0.2, 0.25) is 0 Å². The van der Waals surface area contributed by atoms with Crippen LogP contribution in [0.4, 0.5) is 10.2 Å². The summed E-state index contributed by atoms with van der Waals surface area (Å²) >= 11 is 0. The summed E-state index contributed by atoms with van der Waals surface area (Å²) in [6.07, 6.45) is 1.45. The molecule has 98 valence electrons. The van der Waals surface area contributed by atoms with Crippen molar-refractivity contribution in [3.63, 3.8) is 0 Å². The van der Waals surface area contributed by atoms with Gasteiger partial charge in [0.1, 0.15) is 6.33 Å². The molecule has 2 atom stereocenters. The van der Waals surface area contributed by atoms with Gasteiger partial charge in [-0.3, -0.25) is 0 Å². The fourth-order valence-electron chi connectivity index (χ4n) is 3.41. The largest absolute Gasteiger partial charge is 0.348 e. The van der Waals surface area contributed by atoms with Gasteiger partial charge < -0.3 is 10.2 Å². The molecular weight excluding hydrogens is 231 g/mol. The number of fused-ring (bicyclic) bond motifs is 1. The first-order chi connectivity index (χ1) is 8.51. The van der Waals surface area contributed by atoms with E-state index in [0.717, 1.165) is 19.6 Å². The number of rotatable bonds is 1. The molecule has 2 aliphatic heterocycles. The molecule has 5 heteroatoms. The number of aryl methyl sites for hydroxylation is 1. The average Bonchev–Trinajstić information content (AvgIpc) is 2.86. The number of hydrogen-bond acceptors (Lipinski definition) is 4. The maximum atomic E-state index is 14.2. The number of nitrogens with one attached hydrogen (secondary N) is 1. The molecule has 1 N–H and O–H groups in total. The zero-order valence-corrected chi connectivity index (χ0v) is 11.1. The lowest BCUT2D eigenvalue weighted by Crippen LogP contribution is -2.45. The molecule has 18 heavy (non-hydrogen) atoms. The van der Waals surface area contributed by atoms with Gasteiger partial charge in [-0.15, -0.1) is 0 Å². The van der Waals surface area contributed by atoms with E-state index in [4.69, 9.17) is 0 Å². The predicted octanol–water partition coefficient (Wildman–Crippen LogP) is 1.36. The van der Waals surface area contributed by atoms with Gasteiger partial charge in [0.15, 0.2) is 11.6 Å². The van der Waals surface area contributed by atoms with E-state index < -0.39 is 0 Å². The van der Waals surface area contributed by atoms with Crippen LogP contribution in [0, 0.1) is 24.6 Å². The van der Waals surface area contributed by atoms with Crippen LogP contribution in [0.15, 0.2) is 6.33 Å². The fourth-order valence-corrected chi connectivity index (χ4v) is 3.41. The van der Waals surface area contributed by atoms with Crippen molar-refractivity contribution in [2.45, 2.75) is 26.3 Å². The first-order valence-corrected chi connectivity index (χ1v) is 6.47. The zero-order valence-electron chi connectivity index (χ0n) is 11.1. The van der Waals surface area contributed by atoms with E-state index in [-0.39, 0.29) is 11.4 Å². The Morgan fingerprint density at radius 2 is 2.17 bits per heavy atom. The van der Waals surface area contributed by atoms with Gasteiger partial charge in [0.25, 0.3) is 0 Å². The van der Waals surface area contributed by atoms with Crippen LogP contribution in [0.25, 0.3) is 0 Å². The van der Waals surface area contributed by atoms with Crippen molar-refractivity contribution in [3.8, 4) is 0 Å². The Balaban J connectivity index is 2.00. The summed E-state index contributed by atoms with van der Waals surface area (Å²) in [6.45, 7) is 8.96. The summed E-state index contributed by atoms with van der Waals surface area (Å²) in [5, 5.41) is 3.42. The molecule has 0 saturated carbocycles. The maximum Gasteiger partial charge on any atom is 0.186 e. The second kappa shape index (κ2) is 3.88. The molecule has 0 radical (unpaired) electrons. The normalized spacial score (nSPS) is 29.7. The molecule has 2 aliphatic rings. The molecule has 0 aromatic carbocycles. The number of nitrogens with zero attached hydrogens (tertiary/aromatic N) is 3. The van der Waals surface area contributed by atoms with Crippen molar-refractivity contribution in [1.29, 1.82) is 0 Å². The summed E-state index contributed by atoms with van der Waals surface area (Å²) in [6, 6.07) is 0. The third-order valence-electron chi connectivity index (χ3n) is 4.56. The van der Waals surface area contributed by atoms with E-state index in [9.17, 15) is 4.39 Å². The molecule has 3 heterocycles. The molecule has 0 spiro atoms. The minimum atomic E-state index is -0.279. The molecule has 1 aromatic heterocycles. The predicted molar refractivity (Wildman–Crippen MR) is 68.0 cm³/mol. The van der Waals surface area contributed by atoms with E-state index >= 15 is 0 Å². The highest BCUT2D eigenvalue weighted by atomic mass is 19.1. The minimum Gasteiger partial charge on any atom is -0.348 e. The molecule has 2 unspecified atom stereocenters. The molecular formula is C13H19FN4. The van der Waals surface area contributed by atoms with Crippen molar-refractivity contribution in [1.82, 2.24) is 15.3 Å². The zero-order chi connectivity index (χ0) is 12.9. The Kier molecular flexibility index (Phi) is 2.55. The molecule has 2 saturated heterocycles. The first-order valence-electron chi connectivity index (χ1n) is 6.47. The lowest BCUT2D eigenvalue weighted by Gasteiger charge is -2.36. The standard InChI is InChI=1S/C13H19FN4/c1-8-11(14)12(17-7-16-8)18-6-9-4-15-5-10(9)13(18,2)3/h7,9-10,15H,4-6H2,1-3H3. The SMILES string of the molecule is Cc1ncnc(N2CC3CNCC3C2(C)C)c1F. The van der Waals surface area contributed by atoms with Gasteiger partial charge in [-0.05, 0) is 32.6 Å². The lowest BCUT2D eigenvalue weighted by atomic mass is 9.85. The monoisotopic (exact) mass is 250 g/mol. The number of anilines is 1. The summed E-state index contributed by atoms with van der Waals surface area (Å²) in [7, 11) is 0. The van der Waals surface area contributed by atoms with E-state index in [0.29, 0.717) is 23.3 Å². The van der Waals surface area contributed by atoms with Gasteiger partial charge >= 0.3 is 0 Å². The Labute approximate surface area is 107 Å². The second-order valence-electron chi connectivity index (χ2n) is 5.89. The van der Waals surface area contributed by atoms with Crippen LogP contribution in [0.5, 0.6) is 0 Å². The Hall–Kier alpha value is -1.23. The highest BCUT2D eigenvalue weighted by Gasteiger charge is 2.50. The Bertz CT molecular complexity index is 474. The van der Waals surface area contributed by atoms with Gasteiger partial charge in [-0.1, -0.05) is 0 Å². The highest BCUT2D eigenvalue weighted by molar-refractivity contribution is 5.46. The molecule has 0 amide bonds. The van der Waals surface area contributed by atoms with Crippen LogP contribution in [-0.2, 0) is 0 Å². The topological polar surface area (TPSA) is 41.1 Å². The molecule has 0 aliphatic carbocycles. The quantitative estimate of drug-likeness (QED) is 0.817. The molecule has 3 rings (SSSR count). The van der Waals surface area contributed by atoms with Gasteiger partial charge in [0, 0.05) is 25.2 Å². The van der Waals surface area contributed by atoms with Gasteiger partial charge in [-0.2, -0.15) is 0 Å². The second-order valence-corrected chi connectivity index (χ2v) is 5.89. The summed E-state index contributed by atoms with van der Waals surface area (Å²) in [5.74, 6) is 1.34. The van der Waals surface area contributed by atoms with E-state index in [2.05, 4.69) is 34.0 Å². The number of aromatic nitrogens is 2. The van der Waals surface area contributed by atoms with Gasteiger partial charge in [-0.25, -0.2) is 14.4 Å². The highest BCUT2D eigenvalue weighted by Crippen LogP contribution is 2.43. The third-order valence-corrected chi connectivity index (χ3v) is 4.56. The Morgan fingerprint density at radius 1 is 1.39 bits per heavy atom. The molecule has 1 aromatic rings. The fraction of sp³-hybridized carbons (Fsp3) is 0.692. The Morgan fingerprint density at radius 3 is 2.89 bits per heavy atom. The first kappa shape index (κ1) is 11.8. The van der Waals surface area contributed by atoms with E-state index in [1.54, 1.807) is 6.92 Å². The third kappa shape index (κ3) is 1.53. The van der Waals surface area contributed by atoms with Crippen LogP contribution in [0.1, 0.15) is 19.5 Å². The maximum absolute atomic E-state index is 14.2. The smallest absolute Gasteiger partial charge is 0.186 e. The van der Waals surface area contributed by atoms with Crippen molar-refractivity contribution < 1.29 is 4.39 Å². The van der Waals surface area contributed by atoms with E-state index in [1.165, 1.54) is 6.33 Å². The van der Waals surface area contributed by atoms with E-state index in [1.807, 2.05) is 0 Å². The van der Waals surface area contributed by atoms with Crippen LogP contribution in [-0.4, -0.2) is 35.1 Å². The summed E-state index contributed by atoms with van der Waals surface area (Å²) < 4.78 is 14.2. The minimum absolute atomic E-state index is 0.0597. The average molecular weight is 250 g/mol. The van der Waals surface area contributed by atoms with Crippen molar-refractivity contribution in [3.05, 3.63) is 17.8 Å². The molecule has 4 nitrogen and oxygen atoms in total. The lowest BCUT2D eigenvalue weighted by molar-refractivity contribution is 0.354. The van der Waals surface area contributed by atoms with Crippen LogP contribution in [0.2, 0.25) is 0 Å². The number of hydrogen-bond donors (Lipinski definition) is 1. The number of halogens is 1. The summed E-state index contributed by atoms with van der Waals surface area (Å²) in [4.78, 5) is 10.2. The molecule has 0 bridgehead atoms. The van der Waals surface area contributed by atoms with Crippen molar-refractivity contribution in [2.75, 3.05) is 24.5 Å². The van der Waals surface area contributed by atoms with Gasteiger partial charge in [0.05, 0.1) is 5.69 Å². The van der Waals surface area contributed by atoms with Crippen molar-refractivity contribution in [2.24, 2.45) is 11.8 Å². The van der Waals surface area contributed by atoms with Crippen molar-refractivity contribution >= 4 is 5.82 Å². The van der Waals surface area contributed by atoms with Crippen LogP contribution < -0.4 is 10.2 Å².